The molecule has 0 aromatic heterocycles. The second kappa shape index (κ2) is 12.2. The predicted octanol–water partition coefficient (Wildman–Crippen LogP) is 8.25. The second-order valence-electron chi connectivity index (χ2n) is 13.4. The Bertz CT molecular complexity index is 1040. The number of unbranched alkanes of at least 4 members (excludes halogenated alkanes) is 2. The number of hydrogen-bond donors (Lipinski definition) is 2. The smallest absolute Gasteiger partial charge is 0.119 e. The van der Waals surface area contributed by atoms with Crippen LogP contribution in [0.5, 0.6) is 11.5 Å². The van der Waals surface area contributed by atoms with E-state index in [1.54, 1.807) is 0 Å². The third-order valence-corrected chi connectivity index (χ3v) is 9.17. The lowest BCUT2D eigenvalue weighted by atomic mass is 9.72. The van der Waals surface area contributed by atoms with Crippen molar-refractivity contribution in [3.05, 3.63) is 57.6 Å². The van der Waals surface area contributed by atoms with Gasteiger partial charge in [0.15, 0.2) is 0 Å². The minimum absolute atomic E-state index is 0.0166. The normalized spacial score (nSPS) is 18.0. The van der Waals surface area contributed by atoms with E-state index in [2.05, 4.69) is 65.8 Å². The summed E-state index contributed by atoms with van der Waals surface area (Å²) in [7, 11) is 0. The number of fused-ring (bicyclic) bond motifs is 4. The molecule has 4 rings (SSSR count). The van der Waals surface area contributed by atoms with Crippen molar-refractivity contribution >= 4 is 0 Å². The Morgan fingerprint density at radius 3 is 1.36 bits per heavy atom. The lowest BCUT2D eigenvalue weighted by Crippen LogP contribution is -2.26. The van der Waals surface area contributed by atoms with E-state index < -0.39 is 0 Å². The van der Waals surface area contributed by atoms with E-state index in [1.807, 2.05) is 0 Å². The molecule has 0 saturated heterocycles. The van der Waals surface area contributed by atoms with E-state index in [-0.39, 0.29) is 16.2 Å². The summed E-state index contributed by atoms with van der Waals surface area (Å²) in [5.41, 5.74) is 7.00. The molecule has 0 amide bonds. The van der Waals surface area contributed by atoms with Gasteiger partial charge in [0.2, 0.25) is 0 Å². The molecule has 2 aliphatic carbocycles. The number of aromatic hydroxyl groups is 2. The fraction of sp³-hybridized carbons (Fsp3) is 0.657. The molecule has 0 fully saturated rings. The maximum Gasteiger partial charge on any atom is 0.119 e. The van der Waals surface area contributed by atoms with Gasteiger partial charge in [-0.15, -0.1) is 0 Å². The lowest BCUT2D eigenvalue weighted by Gasteiger charge is -2.30. The first kappa shape index (κ1) is 29.9. The lowest BCUT2D eigenvalue weighted by molar-refractivity contribution is 0.129. The van der Waals surface area contributed by atoms with Gasteiger partial charge in [-0.3, -0.25) is 0 Å². The Balaban J connectivity index is 1.60. The Labute approximate surface area is 237 Å². The zero-order chi connectivity index (χ0) is 28.3. The molecule has 39 heavy (non-hydrogen) atoms. The molecule has 0 radical (unpaired) electrons. The molecular weight excluding hydrogens is 484 g/mol. The molecule has 0 heterocycles. The molecular formula is C35H52O4. The van der Waals surface area contributed by atoms with Crippen LogP contribution in [0.1, 0.15) is 126 Å². The van der Waals surface area contributed by atoms with Gasteiger partial charge in [0.05, 0.1) is 0 Å². The Hall–Kier alpha value is -2.04. The van der Waals surface area contributed by atoms with E-state index in [9.17, 15) is 10.2 Å². The van der Waals surface area contributed by atoms with Crippen LogP contribution in [0.2, 0.25) is 0 Å². The van der Waals surface area contributed by atoms with Crippen molar-refractivity contribution < 1.29 is 19.7 Å². The van der Waals surface area contributed by atoms with Crippen molar-refractivity contribution in [1.82, 2.24) is 0 Å². The van der Waals surface area contributed by atoms with Crippen LogP contribution in [-0.2, 0) is 38.6 Å². The number of aryl methyl sites for hydroxylation is 2. The molecule has 0 atom stereocenters. The van der Waals surface area contributed by atoms with Crippen molar-refractivity contribution in [3.8, 4) is 11.5 Å². The molecule has 2 N–H and O–H groups in total. The summed E-state index contributed by atoms with van der Waals surface area (Å²) >= 11 is 0. The van der Waals surface area contributed by atoms with E-state index in [0.29, 0.717) is 11.5 Å². The monoisotopic (exact) mass is 536 g/mol. The highest BCUT2D eigenvalue weighted by atomic mass is 16.5. The summed E-state index contributed by atoms with van der Waals surface area (Å²) in [5.74, 6) is 0.795. The molecule has 4 heteroatoms. The highest BCUT2D eigenvalue weighted by Gasteiger charge is 2.56. The van der Waals surface area contributed by atoms with Crippen LogP contribution in [0.4, 0.5) is 0 Å². The van der Waals surface area contributed by atoms with Crippen LogP contribution in [-0.4, -0.2) is 36.6 Å². The van der Waals surface area contributed by atoms with E-state index in [1.165, 1.54) is 22.3 Å². The van der Waals surface area contributed by atoms with Gasteiger partial charge in [-0.2, -0.15) is 0 Å². The Morgan fingerprint density at radius 1 is 0.590 bits per heavy atom. The van der Waals surface area contributed by atoms with Gasteiger partial charge in [0.25, 0.3) is 0 Å². The maximum absolute atomic E-state index is 11.2. The summed E-state index contributed by atoms with van der Waals surface area (Å²) in [4.78, 5) is 0. The number of rotatable bonds is 14. The van der Waals surface area contributed by atoms with Gasteiger partial charge < -0.3 is 19.7 Å². The minimum atomic E-state index is -0.198. The highest BCUT2D eigenvalue weighted by Crippen LogP contribution is 2.64. The van der Waals surface area contributed by atoms with Crippen LogP contribution in [0.15, 0.2) is 24.3 Å². The number of phenolic OH excluding ortho intramolecular Hbond substituents is 2. The molecule has 0 unspecified atom stereocenters. The Morgan fingerprint density at radius 2 is 0.974 bits per heavy atom. The molecule has 1 spiro atoms. The van der Waals surface area contributed by atoms with E-state index in [4.69, 9.17) is 9.47 Å². The Kier molecular flexibility index (Phi) is 9.38. The maximum atomic E-state index is 11.2. The molecule has 0 aliphatic heterocycles. The third kappa shape index (κ3) is 6.17. The third-order valence-electron chi connectivity index (χ3n) is 9.17. The number of benzene rings is 2. The van der Waals surface area contributed by atoms with Crippen molar-refractivity contribution in [2.45, 2.75) is 122 Å². The first-order chi connectivity index (χ1) is 18.6. The molecule has 0 bridgehead atoms. The fourth-order valence-electron chi connectivity index (χ4n) is 7.29. The second-order valence-corrected chi connectivity index (χ2v) is 13.4. The first-order valence-corrected chi connectivity index (χ1v) is 15.4. The van der Waals surface area contributed by atoms with Crippen LogP contribution in [0.25, 0.3) is 0 Å². The summed E-state index contributed by atoms with van der Waals surface area (Å²) in [6.45, 7) is 16.8. The van der Waals surface area contributed by atoms with Crippen molar-refractivity contribution in [2.75, 3.05) is 26.4 Å². The zero-order valence-electron chi connectivity index (χ0n) is 25.4. The van der Waals surface area contributed by atoms with Crippen molar-refractivity contribution in [1.29, 1.82) is 0 Å². The number of hydrogen-bond acceptors (Lipinski definition) is 4. The SMILES string of the molecule is CCCCOCCCc1cc2c(cc1O)C1(CC2(C)C)CC(C)(C)c2cc(CCCOCCCC)c(O)cc21. The zero-order valence-corrected chi connectivity index (χ0v) is 25.4. The van der Waals surface area contributed by atoms with Gasteiger partial charge in [-0.05, 0) is 108 Å². The van der Waals surface area contributed by atoms with Gasteiger partial charge in [-0.1, -0.05) is 66.5 Å². The van der Waals surface area contributed by atoms with E-state index in [0.717, 1.165) is 102 Å². The topological polar surface area (TPSA) is 58.9 Å². The van der Waals surface area contributed by atoms with Crippen LogP contribution in [0.3, 0.4) is 0 Å². The van der Waals surface area contributed by atoms with Gasteiger partial charge >= 0.3 is 0 Å². The van der Waals surface area contributed by atoms with Crippen LogP contribution in [0, 0.1) is 0 Å². The molecule has 0 saturated carbocycles. The standard InChI is InChI=1S/C35H52O4/c1-7-9-15-38-17-11-13-25-19-27-29(21-31(25)36)35(23-33(27,3)4)24-34(5,6)28-20-26(32(37)22-30(28)35)14-12-18-39-16-10-8-2/h19-22,36-37H,7-18,23-24H2,1-6H3. The van der Waals surface area contributed by atoms with Crippen LogP contribution >= 0.6 is 0 Å². The average molecular weight is 537 g/mol. The molecule has 2 aromatic rings. The first-order valence-electron chi connectivity index (χ1n) is 15.4. The van der Waals surface area contributed by atoms with Crippen molar-refractivity contribution in [3.63, 3.8) is 0 Å². The molecule has 216 valence electrons. The van der Waals surface area contributed by atoms with Gasteiger partial charge in [0, 0.05) is 31.8 Å². The van der Waals surface area contributed by atoms with Gasteiger partial charge in [0.1, 0.15) is 11.5 Å². The largest absolute Gasteiger partial charge is 0.508 e. The predicted molar refractivity (Wildman–Crippen MR) is 160 cm³/mol. The van der Waals surface area contributed by atoms with Gasteiger partial charge in [-0.25, -0.2) is 0 Å². The highest BCUT2D eigenvalue weighted by molar-refractivity contribution is 5.63. The summed E-state index contributed by atoms with van der Waals surface area (Å²) in [6, 6.07) is 8.65. The number of phenols is 2. The summed E-state index contributed by atoms with van der Waals surface area (Å²) in [5, 5.41) is 22.4. The minimum Gasteiger partial charge on any atom is -0.508 e. The number of ether oxygens (including phenoxy) is 2. The van der Waals surface area contributed by atoms with E-state index >= 15 is 0 Å². The van der Waals surface area contributed by atoms with Crippen molar-refractivity contribution in [2.24, 2.45) is 0 Å². The summed E-state index contributed by atoms with van der Waals surface area (Å²) < 4.78 is 11.5. The molecule has 4 nitrogen and oxygen atoms in total. The van der Waals surface area contributed by atoms with Crippen LogP contribution < -0.4 is 0 Å². The molecule has 2 aliphatic rings. The fourth-order valence-corrected chi connectivity index (χ4v) is 7.29. The molecule has 2 aromatic carbocycles. The average Bonchev–Trinajstić information content (AvgIpc) is 3.22. The summed E-state index contributed by atoms with van der Waals surface area (Å²) in [6.07, 6.45) is 9.94. The quantitative estimate of drug-likeness (QED) is 0.239.